The molecule has 14 rings (SSSR count). The average molecular weight is 1730 g/mol. The largest absolute Gasteiger partial charge is 0.506 e. The third-order valence-corrected chi connectivity index (χ3v) is 23.7. The standard InChI is InChI=1S/2C17H23N3O2.C11H8ClNO2.C11H10ClNO.C9H7NO.C6H14N2O.C6H5NO2.C6H16Si.C2H2Cl2O.CH4O.ClH/c2*21-13-12-20-10-8-19(9-11-20)7-5-14-3-4-16(22)17-15(14)2-1-6-18-17;12-6-10(15)7-3-4-9(14)11-8(7)2-1-5-13-11;12-6-5-8-3-4-10(14)11-9(8)2-1-7-13-11;11-8-5-1-3-7-4-2-6-10-9(7)8;9-6-5-8-3-1-7-2-4-8;8-7(9)6-4-2-1-3-5-6;1-4-7(5-2)6-3;3-1-2(4)5;1-2;/h2*1-4,6,21-22H,5,7-13H2;1-5,14H,6H2;1-4,7,14H,5-6H2;1-6,11H;7,9H,1-6H2;1-5H;7H,4-6H2,1-3H3;1H2;2H,1H3;1H. The zero-order valence-corrected chi connectivity index (χ0v) is 72.0. The first-order chi connectivity index (χ1) is 56.3. The Labute approximate surface area is 713 Å². The summed E-state index contributed by atoms with van der Waals surface area (Å²) in [6.07, 6.45) is 11.1. The molecule has 25 nitrogen and oxygen atoms in total. The number of benzene rings is 6. The highest BCUT2D eigenvalue weighted by molar-refractivity contribution is 6.67. The van der Waals surface area contributed by atoms with Gasteiger partial charge >= 0.3 is 0 Å². The number of alkyl halides is 3. The number of nitro groups is 1. The number of aliphatic hydroxyl groups is 4. The van der Waals surface area contributed by atoms with Crippen LogP contribution in [0.5, 0.6) is 28.7 Å². The Kier molecular flexibility index (Phi) is 50.2. The number of hydrogen-bond donors (Lipinski definition) is 10. The van der Waals surface area contributed by atoms with Crippen LogP contribution in [0.25, 0.3) is 54.5 Å². The molecule has 6 aromatic carbocycles. The number of non-ortho nitro benzene ring substituents is 1. The number of halogens is 5. The normalized spacial score (nSPS) is 13.4. The maximum absolute atomic E-state index is 11.5. The zero-order chi connectivity index (χ0) is 84.4. The van der Waals surface area contributed by atoms with E-state index in [9.17, 15) is 45.2 Å². The molecule has 3 fully saturated rings. The fourth-order valence-electron chi connectivity index (χ4n) is 12.8. The number of phenolic OH excluding ortho intramolecular Hbond substituents is 5. The number of nitro benzene ring substituents is 1. The van der Waals surface area contributed by atoms with Gasteiger partial charge in [-0.15, -0.1) is 47.2 Å². The van der Waals surface area contributed by atoms with Crippen LogP contribution >= 0.6 is 58.8 Å². The van der Waals surface area contributed by atoms with Crippen LogP contribution in [-0.2, 0) is 24.1 Å². The minimum absolute atomic E-state index is 0. The van der Waals surface area contributed by atoms with Crippen molar-refractivity contribution in [1.29, 1.82) is 0 Å². The topological polar surface area (TPSA) is 352 Å². The number of aromatic nitrogens is 5. The van der Waals surface area contributed by atoms with Crippen LogP contribution in [0.1, 0.15) is 47.8 Å². The first-order valence-electron chi connectivity index (χ1n) is 38.8. The second-order valence-corrected chi connectivity index (χ2v) is 32.1. The number of aryl methyl sites for hydroxylation is 1. The van der Waals surface area contributed by atoms with Gasteiger partial charge in [-0.25, -0.2) is 0 Å². The number of β-amino-alcohol motifs (C(OH)–C–C–N with tert-alkyl or cyclic N) is 3. The fraction of sp³-hybridized carbons (Fsp3) is 0.384. The number of para-hydroxylation sites is 2. The number of carbonyl (C=O) groups is 2. The summed E-state index contributed by atoms with van der Waals surface area (Å²) in [6.45, 7) is 24.8. The van der Waals surface area contributed by atoms with E-state index in [0.29, 0.717) is 51.0 Å². The molecule has 5 aromatic heterocycles. The van der Waals surface area contributed by atoms with E-state index in [4.69, 9.17) is 66.8 Å². The van der Waals surface area contributed by atoms with Crippen molar-refractivity contribution in [3.63, 3.8) is 0 Å². The Hall–Kier alpha value is -8.62. The molecule has 634 valence electrons. The number of aliphatic hydroxyl groups excluding tert-OH is 4. The molecule has 0 amide bonds. The van der Waals surface area contributed by atoms with Crippen LogP contribution in [0, 0.1) is 10.1 Å². The maximum Gasteiger partial charge on any atom is 0.269 e. The van der Waals surface area contributed by atoms with Gasteiger partial charge in [0.05, 0.1) is 36.5 Å². The molecule has 31 heteroatoms. The summed E-state index contributed by atoms with van der Waals surface area (Å²) in [4.78, 5) is 63.0. The van der Waals surface area contributed by atoms with Crippen molar-refractivity contribution in [2.75, 3.05) is 156 Å². The number of hydrogen-bond acceptors (Lipinski definition) is 24. The molecule has 8 heterocycles. The maximum atomic E-state index is 11.5. The molecule has 0 unspecified atom stereocenters. The van der Waals surface area contributed by atoms with Gasteiger partial charge in [0.15, 0.2) is 5.78 Å². The Morgan fingerprint density at radius 2 is 0.761 bits per heavy atom. The first-order valence-corrected chi connectivity index (χ1v) is 43.2. The van der Waals surface area contributed by atoms with Crippen LogP contribution in [0.3, 0.4) is 0 Å². The number of nitrogens with one attached hydrogen (secondary N) is 1. The quantitative estimate of drug-likeness (QED) is 0.00798. The third kappa shape index (κ3) is 35.1. The second-order valence-electron chi connectivity index (χ2n) is 26.6. The van der Waals surface area contributed by atoms with Crippen LogP contribution in [0.4, 0.5) is 5.69 Å². The smallest absolute Gasteiger partial charge is 0.269 e. The van der Waals surface area contributed by atoms with Gasteiger partial charge < -0.3 is 61.1 Å². The summed E-state index contributed by atoms with van der Waals surface area (Å²) < 4.78 is 0. The number of rotatable bonds is 21. The average Bonchev–Trinajstić information content (AvgIpc) is 0.818. The Morgan fingerprint density at radius 3 is 1.10 bits per heavy atom. The molecule has 0 spiro atoms. The highest BCUT2D eigenvalue weighted by Crippen LogP contribution is 2.30. The lowest BCUT2D eigenvalue weighted by atomic mass is 10.0. The third-order valence-electron chi connectivity index (χ3n) is 19.2. The lowest BCUT2D eigenvalue weighted by Gasteiger charge is -2.34. The molecule has 0 radical (unpaired) electrons. The number of fused-ring (bicyclic) bond motifs is 5. The van der Waals surface area contributed by atoms with E-state index in [-0.39, 0.29) is 86.4 Å². The first kappa shape index (κ1) is 101. The minimum atomic E-state index is -0.508. The summed E-state index contributed by atoms with van der Waals surface area (Å²) in [5.41, 5.74) is 7.33. The minimum Gasteiger partial charge on any atom is -0.506 e. The molecule has 3 aliphatic heterocycles. The van der Waals surface area contributed by atoms with Crippen LogP contribution in [0.15, 0.2) is 189 Å². The van der Waals surface area contributed by atoms with Gasteiger partial charge in [-0.3, -0.25) is 59.3 Å². The SMILES string of the molecule is CC[SiH](CC)CC.CO.Cl.O=C(CCl)c1ccc(O)c2ncccc12.O=C(Cl)CCl.O=[N+]([O-])c1ccccc1.OCCN1CCN(CCc2ccc(O)c3ncccc23)CC1.OCCN1CCN(CCc2ccc(O)c3ncccc23)CC1.OCCN1CCNCC1.Oc1ccc(CCCl)c2cccnc12.Oc1cccc2cccnc12. The summed E-state index contributed by atoms with van der Waals surface area (Å²) in [5.74, 6) is 1.26. The van der Waals surface area contributed by atoms with Crippen molar-refractivity contribution in [1.82, 2.24) is 54.7 Å². The number of ketones is 1. The van der Waals surface area contributed by atoms with Gasteiger partial charge in [0.1, 0.15) is 56.3 Å². The van der Waals surface area contributed by atoms with Crippen LogP contribution in [-0.4, -0.2) is 276 Å². The molecule has 0 bridgehead atoms. The second kappa shape index (κ2) is 58.3. The molecule has 0 atom stereocenters. The number of Topliss-reactive ketones (excluding diaryl/α,β-unsaturated/α-hetero) is 1. The molecular formula is C86H113Cl5N12O13Si. The molecule has 3 saturated heterocycles. The predicted octanol–water partition coefficient (Wildman–Crippen LogP) is 13.0. The van der Waals surface area contributed by atoms with Crippen molar-refractivity contribution >= 4 is 139 Å². The lowest BCUT2D eigenvalue weighted by Crippen LogP contribution is -2.47. The molecule has 3 aliphatic rings. The van der Waals surface area contributed by atoms with Gasteiger partial charge in [-0.1, -0.05) is 118 Å². The van der Waals surface area contributed by atoms with E-state index in [2.05, 4.69) is 75.5 Å². The number of phenols is 5. The van der Waals surface area contributed by atoms with Crippen molar-refractivity contribution < 1.29 is 60.5 Å². The molecule has 11 aromatic rings. The number of nitrogens with zero attached hydrogens (tertiary/aromatic N) is 11. The molecule has 117 heavy (non-hydrogen) atoms. The monoisotopic (exact) mass is 1720 g/mol. The van der Waals surface area contributed by atoms with E-state index in [1.807, 2.05) is 72.8 Å². The number of pyridine rings is 5. The Balaban J connectivity index is 0.000000285. The van der Waals surface area contributed by atoms with Crippen molar-refractivity contribution in [3.8, 4) is 28.7 Å². The Morgan fingerprint density at radius 1 is 0.427 bits per heavy atom. The molecule has 10 N–H and O–H groups in total. The van der Waals surface area contributed by atoms with E-state index >= 15 is 0 Å². The summed E-state index contributed by atoms with van der Waals surface area (Å²) >= 11 is 20.7. The molecule has 0 saturated carbocycles. The summed E-state index contributed by atoms with van der Waals surface area (Å²) in [7, 11) is 0.829. The van der Waals surface area contributed by atoms with Crippen molar-refractivity contribution in [2.24, 2.45) is 0 Å². The highest BCUT2D eigenvalue weighted by atomic mass is 35.5. The zero-order valence-electron chi connectivity index (χ0n) is 67.0. The van der Waals surface area contributed by atoms with Crippen molar-refractivity contribution in [2.45, 2.75) is 58.2 Å². The van der Waals surface area contributed by atoms with Gasteiger partial charge in [0, 0.05) is 209 Å². The van der Waals surface area contributed by atoms with E-state index in [0.717, 1.165) is 165 Å². The van der Waals surface area contributed by atoms with Gasteiger partial charge in [0.25, 0.3) is 5.69 Å². The number of carbonyl (C=O) groups excluding carboxylic acids is 2. The van der Waals surface area contributed by atoms with E-state index in [1.165, 1.54) is 47.5 Å². The molecular weight excluding hydrogens is 1610 g/mol. The highest BCUT2D eigenvalue weighted by Gasteiger charge is 2.20. The van der Waals surface area contributed by atoms with Crippen LogP contribution < -0.4 is 5.32 Å². The fourth-order valence-corrected chi connectivity index (χ4v) is 14.9. The number of aromatic hydroxyl groups is 5. The number of piperazine rings is 3. The summed E-state index contributed by atoms with van der Waals surface area (Å²) in [5, 5.41) is 99.1. The van der Waals surface area contributed by atoms with Crippen LogP contribution in [0.2, 0.25) is 18.1 Å². The Bertz CT molecular complexity index is 4530. The van der Waals surface area contributed by atoms with Gasteiger partial charge in [-0.05, 0) is 114 Å². The predicted molar refractivity (Wildman–Crippen MR) is 479 cm³/mol. The lowest BCUT2D eigenvalue weighted by molar-refractivity contribution is -0.384. The van der Waals surface area contributed by atoms with E-state index < -0.39 is 10.2 Å². The summed E-state index contributed by atoms with van der Waals surface area (Å²) in [6, 6.07) is 50.7. The van der Waals surface area contributed by atoms with Crippen molar-refractivity contribution in [3.05, 3.63) is 221 Å². The van der Waals surface area contributed by atoms with E-state index in [1.54, 1.807) is 97.7 Å². The van der Waals surface area contributed by atoms with Gasteiger partial charge in [-0.2, -0.15) is 0 Å². The molecule has 0 aliphatic carbocycles. The van der Waals surface area contributed by atoms with Gasteiger partial charge in [0.2, 0.25) is 5.24 Å².